The number of nitro groups is 1. The molecule has 1 aliphatic rings. The van der Waals surface area contributed by atoms with Gasteiger partial charge in [-0.05, 0) is 47.9 Å². The lowest BCUT2D eigenvalue weighted by molar-refractivity contribution is -0.384. The SMILES string of the molecule is O=C(c1ccc(C(F)(F)F)c(C(F)(F)F)c1)N1CCN(Cc2ccc([N+](=O)[O-])cc2)C[C@H]1Cc1ccc(Cl)c(Cl)c1. The van der Waals surface area contributed by atoms with Gasteiger partial charge in [0.1, 0.15) is 0 Å². The van der Waals surface area contributed by atoms with Crippen molar-refractivity contribution in [1.82, 2.24) is 9.80 Å². The van der Waals surface area contributed by atoms with E-state index in [-0.39, 0.29) is 42.4 Å². The van der Waals surface area contributed by atoms with Gasteiger partial charge in [0.25, 0.3) is 11.6 Å². The fraction of sp³-hybridized carbons (Fsp3) is 0.296. The third-order valence-electron chi connectivity index (χ3n) is 6.71. The molecule has 1 fully saturated rings. The van der Waals surface area contributed by atoms with Crippen molar-refractivity contribution >= 4 is 34.8 Å². The third kappa shape index (κ3) is 7.30. The van der Waals surface area contributed by atoms with E-state index in [2.05, 4.69) is 0 Å². The van der Waals surface area contributed by atoms with E-state index in [1.807, 2.05) is 4.90 Å². The molecule has 1 amide bonds. The summed E-state index contributed by atoms with van der Waals surface area (Å²) in [5.74, 6) is -0.843. The summed E-state index contributed by atoms with van der Waals surface area (Å²) >= 11 is 12.1. The minimum absolute atomic E-state index is 0.0696. The molecule has 0 unspecified atom stereocenters. The van der Waals surface area contributed by atoms with Crippen molar-refractivity contribution in [2.45, 2.75) is 31.4 Å². The van der Waals surface area contributed by atoms with Crippen LogP contribution in [0.2, 0.25) is 10.0 Å². The Kier molecular flexibility index (Phi) is 8.86. The summed E-state index contributed by atoms with van der Waals surface area (Å²) in [7, 11) is 0. The number of benzene rings is 3. The van der Waals surface area contributed by atoms with Crippen LogP contribution in [0.15, 0.2) is 60.7 Å². The number of nitrogens with zero attached hydrogens (tertiary/aromatic N) is 3. The monoisotopic (exact) mass is 619 g/mol. The molecule has 0 aromatic heterocycles. The van der Waals surface area contributed by atoms with E-state index in [1.165, 1.54) is 17.0 Å². The molecule has 4 rings (SSSR count). The van der Waals surface area contributed by atoms with Gasteiger partial charge in [0.15, 0.2) is 0 Å². The number of amides is 1. The van der Waals surface area contributed by atoms with Gasteiger partial charge in [-0.15, -0.1) is 0 Å². The second kappa shape index (κ2) is 11.9. The molecule has 0 bridgehead atoms. The second-order valence-corrected chi connectivity index (χ2v) is 10.3. The van der Waals surface area contributed by atoms with E-state index < -0.39 is 45.9 Å². The van der Waals surface area contributed by atoms with Crippen LogP contribution >= 0.6 is 23.2 Å². The fourth-order valence-corrected chi connectivity index (χ4v) is 5.07. The quantitative estimate of drug-likeness (QED) is 0.163. The summed E-state index contributed by atoms with van der Waals surface area (Å²) in [6.07, 6.45) is -10.4. The lowest BCUT2D eigenvalue weighted by Gasteiger charge is -2.42. The lowest BCUT2D eigenvalue weighted by atomic mass is 9.98. The first-order chi connectivity index (χ1) is 19.1. The molecule has 0 spiro atoms. The highest BCUT2D eigenvalue weighted by molar-refractivity contribution is 6.42. The van der Waals surface area contributed by atoms with E-state index >= 15 is 0 Å². The number of carbonyl (C=O) groups excluding carboxylic acids is 1. The van der Waals surface area contributed by atoms with Crippen LogP contribution in [0.1, 0.15) is 32.6 Å². The van der Waals surface area contributed by atoms with Crippen LogP contribution in [-0.4, -0.2) is 46.3 Å². The van der Waals surface area contributed by atoms with Crippen molar-refractivity contribution in [2.24, 2.45) is 0 Å². The van der Waals surface area contributed by atoms with Gasteiger partial charge >= 0.3 is 12.4 Å². The zero-order valence-corrected chi connectivity index (χ0v) is 22.5. The van der Waals surface area contributed by atoms with Crippen molar-refractivity contribution in [3.63, 3.8) is 0 Å². The molecule has 0 radical (unpaired) electrons. The summed E-state index contributed by atoms with van der Waals surface area (Å²) in [6, 6.07) is 11.5. The van der Waals surface area contributed by atoms with Gasteiger partial charge in [0.2, 0.25) is 0 Å². The van der Waals surface area contributed by atoms with Gasteiger partial charge in [0.05, 0.1) is 26.1 Å². The number of piperazine rings is 1. The Morgan fingerprint density at radius 2 is 1.49 bits per heavy atom. The number of non-ortho nitro benzene ring substituents is 1. The number of halogens is 8. The molecule has 1 heterocycles. The molecule has 1 saturated heterocycles. The molecule has 0 saturated carbocycles. The zero-order chi connectivity index (χ0) is 30.1. The molecule has 0 aliphatic carbocycles. The van der Waals surface area contributed by atoms with Gasteiger partial charge in [-0.1, -0.05) is 41.4 Å². The predicted octanol–water partition coefficient (Wildman–Crippen LogP) is 7.51. The van der Waals surface area contributed by atoms with Gasteiger partial charge in [0, 0.05) is 49.9 Å². The first kappa shape index (κ1) is 30.6. The standard InChI is InChI=1S/C27H21Cl2F6N3O3/c28-23-8-3-17(12-24(23)29)11-20-15-36(14-16-1-5-19(6-2-16)38(40)41)9-10-37(20)25(39)18-4-7-21(26(30,31)32)22(13-18)27(33,34)35/h1-8,12-13,20H,9-11,14-15H2/t20-/m1/s1. The minimum atomic E-state index is -5.33. The predicted molar refractivity (Wildman–Crippen MR) is 140 cm³/mol. The molecule has 1 aliphatic heterocycles. The molecule has 41 heavy (non-hydrogen) atoms. The molecule has 3 aromatic carbocycles. The van der Waals surface area contributed by atoms with Crippen LogP contribution in [0.25, 0.3) is 0 Å². The average Bonchev–Trinajstić information content (AvgIpc) is 2.89. The van der Waals surface area contributed by atoms with Gasteiger partial charge in [-0.3, -0.25) is 19.8 Å². The number of nitro benzene ring substituents is 1. The second-order valence-electron chi connectivity index (χ2n) is 9.52. The Morgan fingerprint density at radius 1 is 0.854 bits per heavy atom. The zero-order valence-electron chi connectivity index (χ0n) is 21.0. The van der Waals surface area contributed by atoms with Crippen molar-refractivity contribution in [2.75, 3.05) is 19.6 Å². The molecular formula is C27H21Cl2F6N3O3. The van der Waals surface area contributed by atoms with Crippen LogP contribution in [-0.2, 0) is 25.3 Å². The maximum absolute atomic E-state index is 13.5. The van der Waals surface area contributed by atoms with Crippen LogP contribution in [0.3, 0.4) is 0 Å². The van der Waals surface area contributed by atoms with Gasteiger partial charge in [-0.2, -0.15) is 26.3 Å². The molecule has 218 valence electrons. The topological polar surface area (TPSA) is 66.7 Å². The maximum Gasteiger partial charge on any atom is 0.417 e. The van der Waals surface area contributed by atoms with Crippen molar-refractivity contribution in [3.05, 3.63) is 109 Å². The first-order valence-electron chi connectivity index (χ1n) is 12.1. The molecule has 6 nitrogen and oxygen atoms in total. The Bertz CT molecular complexity index is 1450. The molecule has 14 heteroatoms. The first-order valence-corrected chi connectivity index (χ1v) is 12.9. The summed E-state index contributed by atoms with van der Waals surface area (Å²) in [5.41, 5.74) is -2.95. The van der Waals surface area contributed by atoms with Crippen LogP contribution in [0, 0.1) is 10.1 Å². The third-order valence-corrected chi connectivity index (χ3v) is 7.45. The van der Waals surface area contributed by atoms with E-state index in [1.54, 1.807) is 30.3 Å². The average molecular weight is 620 g/mol. The van der Waals surface area contributed by atoms with Crippen LogP contribution < -0.4 is 0 Å². The van der Waals surface area contributed by atoms with E-state index in [9.17, 15) is 41.3 Å². The number of carbonyl (C=O) groups is 1. The number of hydrogen-bond donors (Lipinski definition) is 0. The Labute approximate surface area is 240 Å². The summed E-state index contributed by atoms with van der Waals surface area (Å²) in [4.78, 5) is 27.2. The fourth-order valence-electron chi connectivity index (χ4n) is 4.75. The van der Waals surface area contributed by atoms with Crippen LogP contribution in [0.4, 0.5) is 32.0 Å². The Morgan fingerprint density at radius 3 is 2.07 bits per heavy atom. The van der Waals surface area contributed by atoms with E-state index in [4.69, 9.17) is 23.2 Å². The van der Waals surface area contributed by atoms with Crippen LogP contribution in [0.5, 0.6) is 0 Å². The molecule has 0 N–H and O–H groups in total. The Balaban J connectivity index is 1.63. The maximum atomic E-state index is 13.5. The normalized spacial score (nSPS) is 16.6. The Hall–Kier alpha value is -3.35. The number of alkyl halides is 6. The summed E-state index contributed by atoms with van der Waals surface area (Å²) in [6.45, 7) is 1.000. The molecule has 3 aromatic rings. The molecular weight excluding hydrogens is 599 g/mol. The number of hydrogen-bond acceptors (Lipinski definition) is 4. The molecule has 1 atom stereocenters. The lowest BCUT2D eigenvalue weighted by Crippen LogP contribution is -2.55. The van der Waals surface area contributed by atoms with Gasteiger partial charge < -0.3 is 4.90 Å². The highest BCUT2D eigenvalue weighted by Gasteiger charge is 2.44. The van der Waals surface area contributed by atoms with E-state index in [0.29, 0.717) is 23.7 Å². The van der Waals surface area contributed by atoms with Crippen molar-refractivity contribution in [1.29, 1.82) is 0 Å². The van der Waals surface area contributed by atoms with Crippen molar-refractivity contribution < 1.29 is 36.1 Å². The summed E-state index contributed by atoms with van der Waals surface area (Å²) in [5, 5.41) is 11.5. The largest absolute Gasteiger partial charge is 0.417 e. The van der Waals surface area contributed by atoms with Gasteiger partial charge in [-0.25, -0.2) is 0 Å². The van der Waals surface area contributed by atoms with E-state index in [0.717, 1.165) is 11.6 Å². The van der Waals surface area contributed by atoms with Crippen molar-refractivity contribution in [3.8, 4) is 0 Å². The minimum Gasteiger partial charge on any atom is -0.333 e. The highest BCUT2D eigenvalue weighted by atomic mass is 35.5. The highest BCUT2D eigenvalue weighted by Crippen LogP contribution is 2.41. The smallest absolute Gasteiger partial charge is 0.333 e. The summed E-state index contributed by atoms with van der Waals surface area (Å²) < 4.78 is 80.4. The number of rotatable bonds is 6.